The molecule has 1 N–H and O–H groups in total. The fourth-order valence-electron chi connectivity index (χ4n) is 3.61. The minimum atomic E-state index is -4.03. The van der Waals surface area contributed by atoms with Crippen LogP contribution in [0.3, 0.4) is 0 Å². The van der Waals surface area contributed by atoms with E-state index >= 15 is 0 Å². The molecule has 1 atom stereocenters. The van der Waals surface area contributed by atoms with E-state index in [9.17, 15) is 22.8 Å². The third kappa shape index (κ3) is 5.37. The number of carbonyl (C=O) groups excluding carboxylic acids is 3. The molecular weight excluding hydrogens is 501 g/mol. The lowest BCUT2D eigenvalue weighted by Gasteiger charge is -2.29. The van der Waals surface area contributed by atoms with Crippen molar-refractivity contribution in [2.45, 2.75) is 44.2 Å². The standard InChI is InChI=1S/C23H25Cl2N3O5S/c1-3-11-26-22(30)15(2)27(14-16-8-9-18(24)19(25)13-16)21(29)10-12-28-23(31)17-6-4-5-7-20(17)34(28,32)33/h4-9,13,15H,3,10-12,14H2,1-2H3,(H,26,30). The molecular formula is C23H25Cl2N3O5S. The Morgan fingerprint density at radius 3 is 2.47 bits per heavy atom. The fraction of sp³-hybridized carbons (Fsp3) is 0.348. The molecule has 0 spiro atoms. The quantitative estimate of drug-likeness (QED) is 0.539. The molecule has 0 radical (unpaired) electrons. The van der Waals surface area contributed by atoms with Gasteiger partial charge in [0, 0.05) is 26.1 Å². The number of benzene rings is 2. The van der Waals surface area contributed by atoms with Gasteiger partial charge < -0.3 is 10.2 Å². The lowest BCUT2D eigenvalue weighted by molar-refractivity contribution is -0.140. The molecule has 1 heterocycles. The Morgan fingerprint density at radius 1 is 1.12 bits per heavy atom. The molecule has 8 nitrogen and oxygen atoms in total. The van der Waals surface area contributed by atoms with Crippen molar-refractivity contribution in [1.82, 2.24) is 14.5 Å². The molecule has 3 rings (SSSR count). The highest BCUT2D eigenvalue weighted by molar-refractivity contribution is 7.90. The highest BCUT2D eigenvalue weighted by Crippen LogP contribution is 2.30. The van der Waals surface area contributed by atoms with E-state index in [1.54, 1.807) is 31.2 Å². The Labute approximate surface area is 208 Å². The van der Waals surface area contributed by atoms with Gasteiger partial charge in [0.15, 0.2) is 0 Å². The van der Waals surface area contributed by atoms with Gasteiger partial charge in [-0.05, 0) is 43.2 Å². The molecule has 11 heteroatoms. The number of hydrogen-bond donors (Lipinski definition) is 1. The first-order valence-corrected chi connectivity index (χ1v) is 12.9. The number of nitrogens with one attached hydrogen (secondary N) is 1. The van der Waals surface area contributed by atoms with E-state index in [-0.39, 0.29) is 35.9 Å². The highest BCUT2D eigenvalue weighted by Gasteiger charge is 2.41. The Kier molecular flexibility index (Phi) is 8.22. The Morgan fingerprint density at radius 2 is 1.82 bits per heavy atom. The van der Waals surface area contributed by atoms with Crippen LogP contribution in [0.25, 0.3) is 0 Å². The molecule has 1 aliphatic rings. The van der Waals surface area contributed by atoms with Crippen molar-refractivity contribution in [2.24, 2.45) is 0 Å². The summed E-state index contributed by atoms with van der Waals surface area (Å²) in [4.78, 5) is 39.7. The van der Waals surface area contributed by atoms with Gasteiger partial charge in [-0.25, -0.2) is 12.7 Å². The number of hydrogen-bond acceptors (Lipinski definition) is 5. The largest absolute Gasteiger partial charge is 0.354 e. The molecule has 0 fully saturated rings. The molecule has 0 saturated carbocycles. The monoisotopic (exact) mass is 525 g/mol. The number of sulfonamides is 1. The second kappa shape index (κ2) is 10.8. The first-order valence-electron chi connectivity index (χ1n) is 10.7. The number of fused-ring (bicyclic) bond motifs is 1. The van der Waals surface area contributed by atoms with Gasteiger partial charge in [0.25, 0.3) is 15.9 Å². The van der Waals surface area contributed by atoms with E-state index in [4.69, 9.17) is 23.2 Å². The molecule has 2 aromatic carbocycles. The topological polar surface area (TPSA) is 104 Å². The van der Waals surface area contributed by atoms with E-state index in [1.165, 1.54) is 23.1 Å². The third-order valence-corrected chi connectivity index (χ3v) is 8.07. The molecule has 1 unspecified atom stereocenters. The summed E-state index contributed by atoms with van der Waals surface area (Å²) in [5.41, 5.74) is 0.727. The smallest absolute Gasteiger partial charge is 0.269 e. The predicted molar refractivity (Wildman–Crippen MR) is 129 cm³/mol. The second-order valence-electron chi connectivity index (χ2n) is 7.87. The first-order chi connectivity index (χ1) is 16.1. The first kappa shape index (κ1) is 26.0. The lowest BCUT2D eigenvalue weighted by Crippen LogP contribution is -2.48. The summed E-state index contributed by atoms with van der Waals surface area (Å²) >= 11 is 12.1. The normalized spacial score (nSPS) is 15.1. The van der Waals surface area contributed by atoms with Crippen molar-refractivity contribution in [1.29, 1.82) is 0 Å². The maximum absolute atomic E-state index is 13.2. The summed E-state index contributed by atoms with van der Waals surface area (Å²) in [6.45, 7) is 3.67. The summed E-state index contributed by atoms with van der Waals surface area (Å²) in [6, 6.07) is 9.97. The average Bonchev–Trinajstić information content (AvgIpc) is 3.01. The molecule has 0 saturated heterocycles. The van der Waals surface area contributed by atoms with Crippen molar-refractivity contribution >= 4 is 50.9 Å². The summed E-state index contributed by atoms with van der Waals surface area (Å²) in [5.74, 6) is -1.50. The molecule has 0 aromatic heterocycles. The van der Waals surface area contributed by atoms with Crippen molar-refractivity contribution in [2.75, 3.05) is 13.1 Å². The molecule has 182 valence electrons. The lowest BCUT2D eigenvalue weighted by atomic mass is 10.1. The maximum atomic E-state index is 13.2. The van der Waals surface area contributed by atoms with Crippen molar-refractivity contribution in [3.8, 4) is 0 Å². The van der Waals surface area contributed by atoms with Gasteiger partial charge in [-0.1, -0.05) is 48.3 Å². The number of halogens is 2. The number of amides is 3. The molecule has 2 aromatic rings. The van der Waals surface area contributed by atoms with Crippen LogP contribution in [0.2, 0.25) is 10.0 Å². The number of nitrogens with zero attached hydrogens (tertiary/aromatic N) is 2. The van der Waals surface area contributed by atoms with Gasteiger partial charge in [0.1, 0.15) is 10.9 Å². The summed E-state index contributed by atoms with van der Waals surface area (Å²) in [7, 11) is -4.03. The van der Waals surface area contributed by atoms with Crippen LogP contribution in [0, 0.1) is 0 Å². The van der Waals surface area contributed by atoms with Crippen LogP contribution in [0.15, 0.2) is 47.4 Å². The van der Waals surface area contributed by atoms with Gasteiger partial charge in [0.05, 0.1) is 15.6 Å². The summed E-state index contributed by atoms with van der Waals surface area (Å²) in [5, 5.41) is 3.43. The van der Waals surface area contributed by atoms with E-state index in [1.807, 2.05) is 6.92 Å². The zero-order chi connectivity index (χ0) is 25.0. The number of carbonyl (C=O) groups is 3. The average molecular weight is 526 g/mol. The maximum Gasteiger partial charge on any atom is 0.269 e. The zero-order valence-electron chi connectivity index (χ0n) is 18.8. The Balaban J connectivity index is 1.80. The van der Waals surface area contributed by atoms with Crippen LogP contribution in [-0.2, 0) is 26.2 Å². The zero-order valence-corrected chi connectivity index (χ0v) is 21.1. The molecule has 1 aliphatic heterocycles. The summed E-state index contributed by atoms with van der Waals surface area (Å²) < 4.78 is 26.3. The van der Waals surface area contributed by atoms with Gasteiger partial charge in [-0.2, -0.15) is 0 Å². The van der Waals surface area contributed by atoms with E-state index < -0.39 is 27.9 Å². The minimum Gasteiger partial charge on any atom is -0.354 e. The minimum absolute atomic E-state index is 0.0529. The molecule has 3 amide bonds. The van der Waals surface area contributed by atoms with Crippen LogP contribution in [0.4, 0.5) is 0 Å². The van der Waals surface area contributed by atoms with Crippen LogP contribution in [-0.4, -0.2) is 54.5 Å². The SMILES string of the molecule is CCCNC(=O)C(C)N(Cc1ccc(Cl)c(Cl)c1)C(=O)CCN1C(=O)c2ccccc2S1(=O)=O. The van der Waals surface area contributed by atoms with Gasteiger partial charge >= 0.3 is 0 Å². The molecule has 0 bridgehead atoms. The van der Waals surface area contributed by atoms with Crippen LogP contribution >= 0.6 is 23.2 Å². The number of rotatable bonds is 9. The van der Waals surface area contributed by atoms with Crippen molar-refractivity contribution in [3.05, 3.63) is 63.6 Å². The van der Waals surface area contributed by atoms with Crippen LogP contribution in [0.1, 0.15) is 42.6 Å². The van der Waals surface area contributed by atoms with E-state index in [0.29, 0.717) is 26.5 Å². The van der Waals surface area contributed by atoms with Gasteiger partial charge in [0.2, 0.25) is 11.8 Å². The van der Waals surface area contributed by atoms with Crippen LogP contribution < -0.4 is 5.32 Å². The van der Waals surface area contributed by atoms with Gasteiger partial charge in [-0.15, -0.1) is 0 Å². The van der Waals surface area contributed by atoms with E-state index in [0.717, 1.165) is 6.42 Å². The predicted octanol–water partition coefficient (Wildman–Crippen LogP) is 3.47. The molecule has 0 aliphatic carbocycles. The third-order valence-electron chi connectivity index (χ3n) is 5.49. The Bertz CT molecular complexity index is 1220. The summed E-state index contributed by atoms with van der Waals surface area (Å²) in [6.07, 6.45) is 0.445. The van der Waals surface area contributed by atoms with Gasteiger partial charge in [-0.3, -0.25) is 14.4 Å². The second-order valence-corrected chi connectivity index (χ2v) is 10.5. The fourth-order valence-corrected chi connectivity index (χ4v) is 5.50. The highest BCUT2D eigenvalue weighted by atomic mass is 35.5. The van der Waals surface area contributed by atoms with Crippen LogP contribution in [0.5, 0.6) is 0 Å². The molecule has 34 heavy (non-hydrogen) atoms. The van der Waals surface area contributed by atoms with Crippen molar-refractivity contribution in [3.63, 3.8) is 0 Å². The Hall–Kier alpha value is -2.62. The van der Waals surface area contributed by atoms with Crippen molar-refractivity contribution < 1.29 is 22.8 Å². The van der Waals surface area contributed by atoms with E-state index in [2.05, 4.69) is 5.32 Å².